The van der Waals surface area contributed by atoms with E-state index in [2.05, 4.69) is 36.5 Å². The van der Waals surface area contributed by atoms with Crippen LogP contribution in [0.5, 0.6) is 0 Å². The van der Waals surface area contributed by atoms with Gasteiger partial charge in [-0.25, -0.2) is 4.79 Å². The summed E-state index contributed by atoms with van der Waals surface area (Å²) in [4.78, 5) is 12.0. The van der Waals surface area contributed by atoms with E-state index in [0.29, 0.717) is 33.0 Å². The van der Waals surface area contributed by atoms with Crippen LogP contribution in [0.1, 0.15) is 36.8 Å². The van der Waals surface area contributed by atoms with Crippen molar-refractivity contribution in [1.29, 1.82) is 0 Å². The highest BCUT2D eigenvalue weighted by molar-refractivity contribution is 5.79. The molecule has 150 valence electrons. The third kappa shape index (κ3) is 5.33. The summed E-state index contributed by atoms with van der Waals surface area (Å²) < 4.78 is 16.3. The average Bonchev–Trinajstić information content (AvgIpc) is 3.05. The maximum Gasteiger partial charge on any atom is 0.407 e. The lowest BCUT2D eigenvalue weighted by molar-refractivity contribution is 0.0472. The van der Waals surface area contributed by atoms with E-state index >= 15 is 0 Å². The summed E-state index contributed by atoms with van der Waals surface area (Å²) >= 11 is 0. The number of amides is 1. The maximum absolute atomic E-state index is 12.0. The first kappa shape index (κ1) is 20.4. The topological polar surface area (TPSA) is 56.8 Å². The van der Waals surface area contributed by atoms with Crippen LogP contribution in [0.15, 0.2) is 48.5 Å². The van der Waals surface area contributed by atoms with Gasteiger partial charge in [0, 0.05) is 19.1 Å². The van der Waals surface area contributed by atoms with Crippen LogP contribution in [0.3, 0.4) is 0 Å². The number of rotatable bonds is 11. The van der Waals surface area contributed by atoms with Gasteiger partial charge in [0.2, 0.25) is 0 Å². The largest absolute Gasteiger partial charge is 0.449 e. The van der Waals surface area contributed by atoms with Gasteiger partial charge in [0.25, 0.3) is 0 Å². The summed E-state index contributed by atoms with van der Waals surface area (Å²) in [6.45, 7) is 5.23. The number of hydrogen-bond acceptors (Lipinski definition) is 4. The van der Waals surface area contributed by atoms with Crippen LogP contribution in [0.2, 0.25) is 0 Å². The van der Waals surface area contributed by atoms with Crippen molar-refractivity contribution in [3.05, 3.63) is 59.7 Å². The molecule has 0 saturated carbocycles. The van der Waals surface area contributed by atoms with Gasteiger partial charge >= 0.3 is 6.09 Å². The molecule has 1 aliphatic rings. The molecule has 1 N–H and O–H groups in total. The second-order valence-electron chi connectivity index (χ2n) is 6.83. The second-order valence-corrected chi connectivity index (χ2v) is 6.83. The van der Waals surface area contributed by atoms with Crippen LogP contribution in [-0.2, 0) is 14.2 Å². The minimum absolute atomic E-state index is 0.0784. The molecule has 0 atom stereocenters. The van der Waals surface area contributed by atoms with E-state index in [0.717, 1.165) is 19.4 Å². The van der Waals surface area contributed by atoms with E-state index in [1.165, 1.54) is 22.3 Å². The first-order valence-corrected chi connectivity index (χ1v) is 10.1. The van der Waals surface area contributed by atoms with Crippen molar-refractivity contribution in [3.8, 4) is 11.1 Å². The minimum atomic E-state index is -0.412. The Morgan fingerprint density at radius 2 is 1.50 bits per heavy atom. The zero-order valence-corrected chi connectivity index (χ0v) is 16.5. The highest BCUT2D eigenvalue weighted by atomic mass is 16.5. The summed E-state index contributed by atoms with van der Waals surface area (Å²) in [5, 5.41) is 2.74. The number of ether oxygens (including phenoxy) is 3. The smallest absolute Gasteiger partial charge is 0.407 e. The number of carbonyl (C=O) groups is 1. The zero-order valence-electron chi connectivity index (χ0n) is 16.5. The summed E-state index contributed by atoms with van der Waals surface area (Å²) in [6.07, 6.45) is 1.79. The number of hydrogen-bond donors (Lipinski definition) is 1. The van der Waals surface area contributed by atoms with Gasteiger partial charge in [0.1, 0.15) is 6.61 Å². The first-order valence-electron chi connectivity index (χ1n) is 10.1. The Balaban J connectivity index is 1.37. The van der Waals surface area contributed by atoms with Gasteiger partial charge in [0.05, 0.1) is 19.8 Å². The zero-order chi connectivity index (χ0) is 19.6. The molecule has 3 rings (SSSR count). The minimum Gasteiger partial charge on any atom is -0.449 e. The SMILES string of the molecule is CCCCOCCOCCNC(=O)OCC1c2ccccc2-c2ccccc21. The average molecular weight is 383 g/mol. The molecule has 28 heavy (non-hydrogen) atoms. The lowest BCUT2D eigenvalue weighted by Crippen LogP contribution is -2.29. The Hall–Kier alpha value is -2.37. The highest BCUT2D eigenvalue weighted by Crippen LogP contribution is 2.44. The van der Waals surface area contributed by atoms with E-state index in [4.69, 9.17) is 14.2 Å². The molecule has 0 saturated heterocycles. The van der Waals surface area contributed by atoms with Crippen molar-refractivity contribution in [2.24, 2.45) is 0 Å². The van der Waals surface area contributed by atoms with Crippen LogP contribution >= 0.6 is 0 Å². The molecule has 5 nitrogen and oxygen atoms in total. The molecule has 1 aliphatic carbocycles. The number of fused-ring (bicyclic) bond motifs is 3. The molecule has 0 bridgehead atoms. The number of carbonyl (C=O) groups excluding carboxylic acids is 1. The molecule has 5 heteroatoms. The van der Waals surface area contributed by atoms with E-state index in [-0.39, 0.29) is 5.92 Å². The number of benzene rings is 2. The molecule has 0 aromatic heterocycles. The van der Waals surface area contributed by atoms with Crippen LogP contribution in [0.4, 0.5) is 4.79 Å². The fourth-order valence-corrected chi connectivity index (χ4v) is 3.44. The molecule has 0 heterocycles. The summed E-state index contributed by atoms with van der Waals surface area (Å²) in [5.41, 5.74) is 4.87. The van der Waals surface area contributed by atoms with E-state index in [1.54, 1.807) is 0 Å². The predicted molar refractivity (Wildman–Crippen MR) is 110 cm³/mol. The molecular weight excluding hydrogens is 354 g/mol. The van der Waals surface area contributed by atoms with Gasteiger partial charge in [0.15, 0.2) is 0 Å². The van der Waals surface area contributed by atoms with Crippen molar-refractivity contribution >= 4 is 6.09 Å². The van der Waals surface area contributed by atoms with Gasteiger partial charge in [-0.15, -0.1) is 0 Å². The number of unbranched alkanes of at least 4 members (excludes halogenated alkanes) is 1. The predicted octanol–water partition coefficient (Wildman–Crippen LogP) is 4.36. The quantitative estimate of drug-likeness (QED) is 0.586. The third-order valence-corrected chi connectivity index (χ3v) is 4.87. The normalized spacial score (nSPS) is 12.5. The van der Waals surface area contributed by atoms with Crippen LogP contribution in [0, 0.1) is 0 Å². The molecule has 0 unspecified atom stereocenters. The van der Waals surface area contributed by atoms with E-state index in [1.807, 2.05) is 24.3 Å². The first-order chi connectivity index (χ1) is 13.8. The van der Waals surface area contributed by atoms with Gasteiger partial charge < -0.3 is 19.5 Å². The molecule has 2 aromatic rings. The standard InChI is InChI=1S/C23H29NO4/c1-2-3-13-26-15-16-27-14-12-24-23(25)28-17-22-20-10-6-4-8-18(20)19-9-5-7-11-21(19)22/h4-11,22H,2-3,12-17H2,1H3,(H,24,25). The molecule has 0 radical (unpaired) electrons. The second kappa shape index (κ2) is 10.8. The molecule has 0 spiro atoms. The Kier molecular flexibility index (Phi) is 7.88. The van der Waals surface area contributed by atoms with Crippen LogP contribution in [0.25, 0.3) is 11.1 Å². The van der Waals surface area contributed by atoms with E-state index in [9.17, 15) is 4.79 Å². The van der Waals surface area contributed by atoms with Gasteiger partial charge in [-0.1, -0.05) is 61.9 Å². The van der Waals surface area contributed by atoms with Crippen molar-refractivity contribution in [1.82, 2.24) is 5.32 Å². The Labute approximate surface area is 167 Å². The number of nitrogens with one attached hydrogen (secondary N) is 1. The monoisotopic (exact) mass is 383 g/mol. The van der Waals surface area contributed by atoms with Crippen molar-refractivity contribution < 1.29 is 19.0 Å². The van der Waals surface area contributed by atoms with Crippen molar-refractivity contribution in [2.45, 2.75) is 25.7 Å². The molecule has 1 amide bonds. The number of alkyl carbamates (subject to hydrolysis) is 1. The third-order valence-electron chi connectivity index (χ3n) is 4.87. The van der Waals surface area contributed by atoms with Gasteiger partial charge in [-0.2, -0.15) is 0 Å². The van der Waals surface area contributed by atoms with Crippen LogP contribution in [-0.4, -0.2) is 45.7 Å². The molecule has 2 aromatic carbocycles. The Morgan fingerprint density at radius 1 is 0.893 bits per heavy atom. The van der Waals surface area contributed by atoms with Gasteiger partial charge in [-0.05, 0) is 28.7 Å². The Bertz CT molecular complexity index is 716. The molecule has 0 fully saturated rings. The lowest BCUT2D eigenvalue weighted by atomic mass is 9.98. The summed E-state index contributed by atoms with van der Waals surface area (Å²) in [7, 11) is 0. The van der Waals surface area contributed by atoms with E-state index < -0.39 is 6.09 Å². The molecular formula is C23H29NO4. The van der Waals surface area contributed by atoms with Crippen molar-refractivity contribution in [2.75, 3.05) is 39.6 Å². The fourth-order valence-electron chi connectivity index (χ4n) is 3.44. The van der Waals surface area contributed by atoms with Crippen LogP contribution < -0.4 is 5.32 Å². The van der Waals surface area contributed by atoms with Gasteiger partial charge in [-0.3, -0.25) is 0 Å². The maximum atomic E-state index is 12.0. The fraction of sp³-hybridized carbons (Fsp3) is 0.435. The summed E-state index contributed by atoms with van der Waals surface area (Å²) in [6, 6.07) is 16.6. The lowest BCUT2D eigenvalue weighted by Gasteiger charge is -2.14. The molecule has 0 aliphatic heterocycles. The Morgan fingerprint density at radius 3 is 2.14 bits per heavy atom. The van der Waals surface area contributed by atoms with Crippen molar-refractivity contribution in [3.63, 3.8) is 0 Å². The highest BCUT2D eigenvalue weighted by Gasteiger charge is 2.28. The summed E-state index contributed by atoms with van der Waals surface area (Å²) in [5.74, 6) is 0.0784.